The first kappa shape index (κ1) is 18.9. The van der Waals surface area contributed by atoms with E-state index in [1.807, 2.05) is 47.0 Å². The van der Waals surface area contributed by atoms with Crippen LogP contribution in [0.4, 0.5) is 0 Å². The fourth-order valence-electron chi connectivity index (χ4n) is 4.46. The van der Waals surface area contributed by atoms with Crippen LogP contribution in [0.2, 0.25) is 0 Å². The van der Waals surface area contributed by atoms with Crippen molar-refractivity contribution < 1.29 is 9.59 Å². The van der Waals surface area contributed by atoms with Crippen LogP contribution in [0.5, 0.6) is 0 Å². The number of carbonyl (C=O) groups is 2. The first-order chi connectivity index (χ1) is 12.4. The molecule has 2 amide bonds. The molecule has 142 valence electrons. The summed E-state index contributed by atoms with van der Waals surface area (Å²) in [5, 5.41) is 0. The molecule has 2 heterocycles. The van der Waals surface area contributed by atoms with Gasteiger partial charge in [0.15, 0.2) is 0 Å². The van der Waals surface area contributed by atoms with Crippen molar-refractivity contribution in [1.82, 2.24) is 14.7 Å². The average molecular weight is 357 g/mol. The summed E-state index contributed by atoms with van der Waals surface area (Å²) in [6.45, 7) is 5.74. The second kappa shape index (κ2) is 7.78. The van der Waals surface area contributed by atoms with Crippen LogP contribution in [-0.4, -0.2) is 73.3 Å². The van der Waals surface area contributed by atoms with E-state index in [0.29, 0.717) is 6.54 Å². The van der Waals surface area contributed by atoms with E-state index in [0.717, 1.165) is 51.0 Å². The summed E-state index contributed by atoms with van der Waals surface area (Å²) >= 11 is 0. The quantitative estimate of drug-likeness (QED) is 0.830. The highest BCUT2D eigenvalue weighted by Gasteiger charge is 2.46. The smallest absolute Gasteiger partial charge is 0.236 e. The molecule has 1 spiro atoms. The normalized spacial score (nSPS) is 22.9. The van der Waals surface area contributed by atoms with Crippen LogP contribution in [0.1, 0.15) is 37.7 Å². The maximum Gasteiger partial charge on any atom is 0.236 e. The van der Waals surface area contributed by atoms with Crippen LogP contribution in [0, 0.1) is 5.41 Å². The van der Waals surface area contributed by atoms with Crippen molar-refractivity contribution in [2.24, 2.45) is 5.41 Å². The lowest BCUT2D eigenvalue weighted by Gasteiger charge is -2.49. The van der Waals surface area contributed by atoms with Gasteiger partial charge >= 0.3 is 0 Å². The van der Waals surface area contributed by atoms with Crippen LogP contribution in [0.25, 0.3) is 0 Å². The van der Waals surface area contributed by atoms with Crippen LogP contribution in [0.15, 0.2) is 30.3 Å². The van der Waals surface area contributed by atoms with E-state index in [4.69, 9.17) is 0 Å². The van der Waals surface area contributed by atoms with E-state index in [1.54, 1.807) is 0 Å². The Morgan fingerprint density at radius 1 is 1.19 bits per heavy atom. The van der Waals surface area contributed by atoms with Gasteiger partial charge in [0.05, 0.1) is 12.5 Å². The Bertz CT molecular complexity index is 636. The third kappa shape index (κ3) is 3.93. The van der Waals surface area contributed by atoms with Crippen molar-refractivity contribution in [1.29, 1.82) is 0 Å². The largest absolute Gasteiger partial charge is 0.342 e. The van der Waals surface area contributed by atoms with Gasteiger partial charge in [-0.1, -0.05) is 30.3 Å². The minimum Gasteiger partial charge on any atom is -0.342 e. The molecule has 2 aliphatic heterocycles. The maximum atomic E-state index is 12.9. The van der Waals surface area contributed by atoms with Crippen LogP contribution in [-0.2, 0) is 9.59 Å². The van der Waals surface area contributed by atoms with E-state index in [-0.39, 0.29) is 23.1 Å². The van der Waals surface area contributed by atoms with Gasteiger partial charge in [0.1, 0.15) is 0 Å². The predicted octanol–water partition coefficient (Wildman–Crippen LogP) is 2.19. The number of hydrogen-bond donors (Lipinski definition) is 0. The lowest BCUT2D eigenvalue weighted by Crippen LogP contribution is -2.55. The maximum absolute atomic E-state index is 12.9. The molecular formula is C21H31N3O2. The highest BCUT2D eigenvalue weighted by Crippen LogP contribution is 2.45. The summed E-state index contributed by atoms with van der Waals surface area (Å²) < 4.78 is 0. The molecule has 2 aliphatic rings. The highest BCUT2D eigenvalue weighted by molar-refractivity contribution is 5.85. The van der Waals surface area contributed by atoms with E-state index in [1.165, 1.54) is 0 Å². The van der Waals surface area contributed by atoms with Crippen molar-refractivity contribution in [3.05, 3.63) is 35.9 Å². The number of piperidine rings is 2. The summed E-state index contributed by atoms with van der Waals surface area (Å²) in [5.41, 5.74) is 1.26. The van der Waals surface area contributed by atoms with Gasteiger partial charge in [-0.15, -0.1) is 0 Å². The van der Waals surface area contributed by atoms with Crippen molar-refractivity contribution in [3.8, 4) is 0 Å². The number of nitrogens with zero attached hydrogens (tertiary/aromatic N) is 3. The van der Waals surface area contributed by atoms with Gasteiger partial charge in [-0.25, -0.2) is 0 Å². The molecule has 1 aromatic rings. The van der Waals surface area contributed by atoms with Crippen molar-refractivity contribution in [3.63, 3.8) is 0 Å². The molecule has 2 fully saturated rings. The van der Waals surface area contributed by atoms with Gasteiger partial charge in [-0.3, -0.25) is 9.59 Å². The number of amides is 2. The Kier molecular flexibility index (Phi) is 5.66. The SMILES string of the molecule is CCN1CC2(CCN(C(=O)CN(C)C)CC2)CC(c2ccccc2)C1=O. The monoisotopic (exact) mass is 357 g/mol. The second-order valence-corrected chi connectivity index (χ2v) is 8.14. The first-order valence-electron chi connectivity index (χ1n) is 9.70. The third-order valence-electron chi connectivity index (χ3n) is 5.99. The van der Waals surface area contributed by atoms with E-state index >= 15 is 0 Å². The minimum atomic E-state index is -0.0473. The lowest BCUT2D eigenvalue weighted by molar-refractivity contribution is -0.144. The van der Waals surface area contributed by atoms with Gasteiger partial charge in [-0.2, -0.15) is 0 Å². The third-order valence-corrected chi connectivity index (χ3v) is 5.99. The topological polar surface area (TPSA) is 43.9 Å². The van der Waals surface area contributed by atoms with Gasteiger partial charge in [0.2, 0.25) is 11.8 Å². The molecule has 2 saturated heterocycles. The molecule has 3 rings (SSSR count). The summed E-state index contributed by atoms with van der Waals surface area (Å²) in [4.78, 5) is 31.2. The molecular weight excluding hydrogens is 326 g/mol. The Labute approximate surface area is 156 Å². The van der Waals surface area contributed by atoms with E-state index in [2.05, 4.69) is 19.1 Å². The summed E-state index contributed by atoms with van der Waals surface area (Å²) in [7, 11) is 3.86. The fraction of sp³-hybridized carbons (Fsp3) is 0.619. The molecule has 5 heteroatoms. The summed E-state index contributed by atoms with van der Waals surface area (Å²) in [6.07, 6.45) is 2.88. The van der Waals surface area contributed by atoms with Crippen molar-refractivity contribution in [2.45, 2.75) is 32.1 Å². The number of rotatable bonds is 4. The van der Waals surface area contributed by atoms with Crippen molar-refractivity contribution >= 4 is 11.8 Å². The Hall–Kier alpha value is -1.88. The van der Waals surface area contributed by atoms with Crippen LogP contribution >= 0.6 is 0 Å². The van der Waals surface area contributed by atoms with Crippen molar-refractivity contribution in [2.75, 3.05) is 46.8 Å². The molecule has 0 aliphatic carbocycles. The summed E-state index contributed by atoms with van der Waals surface area (Å²) in [5.74, 6) is 0.424. The first-order valence-corrected chi connectivity index (χ1v) is 9.70. The predicted molar refractivity (Wildman–Crippen MR) is 103 cm³/mol. The number of likely N-dealkylation sites (N-methyl/N-ethyl adjacent to an activating group) is 2. The lowest BCUT2D eigenvalue weighted by atomic mass is 9.67. The Morgan fingerprint density at radius 2 is 1.85 bits per heavy atom. The molecule has 0 saturated carbocycles. The zero-order chi connectivity index (χ0) is 18.7. The molecule has 0 radical (unpaired) electrons. The number of carbonyl (C=O) groups excluding carboxylic acids is 2. The van der Waals surface area contributed by atoms with Gasteiger partial charge in [0.25, 0.3) is 0 Å². The summed E-state index contributed by atoms with van der Waals surface area (Å²) in [6, 6.07) is 10.2. The number of likely N-dealkylation sites (tertiary alicyclic amines) is 2. The molecule has 26 heavy (non-hydrogen) atoms. The van der Waals surface area contributed by atoms with Gasteiger partial charge < -0.3 is 14.7 Å². The Morgan fingerprint density at radius 3 is 2.42 bits per heavy atom. The molecule has 5 nitrogen and oxygen atoms in total. The second-order valence-electron chi connectivity index (χ2n) is 8.14. The Balaban J connectivity index is 1.74. The fourth-order valence-corrected chi connectivity index (χ4v) is 4.46. The number of hydrogen-bond acceptors (Lipinski definition) is 3. The number of benzene rings is 1. The van der Waals surface area contributed by atoms with E-state index in [9.17, 15) is 9.59 Å². The molecule has 1 atom stereocenters. The van der Waals surface area contributed by atoms with Crippen LogP contribution in [0.3, 0.4) is 0 Å². The van der Waals surface area contributed by atoms with Gasteiger partial charge in [0, 0.05) is 26.2 Å². The average Bonchev–Trinajstić information content (AvgIpc) is 2.64. The molecule has 1 unspecified atom stereocenters. The van der Waals surface area contributed by atoms with Crippen LogP contribution < -0.4 is 0 Å². The standard InChI is InChI=1S/C21H31N3O2/c1-4-23-16-21(10-12-24(13-11-21)19(25)15-22(2)3)14-18(20(23)26)17-8-6-5-7-9-17/h5-9,18H,4,10-16H2,1-3H3. The minimum absolute atomic E-state index is 0.0473. The molecule has 1 aromatic carbocycles. The highest BCUT2D eigenvalue weighted by atomic mass is 16.2. The van der Waals surface area contributed by atoms with Gasteiger partial charge in [-0.05, 0) is 51.3 Å². The zero-order valence-corrected chi connectivity index (χ0v) is 16.3. The van der Waals surface area contributed by atoms with E-state index < -0.39 is 0 Å². The molecule has 0 bridgehead atoms. The molecule has 0 aromatic heterocycles. The zero-order valence-electron chi connectivity index (χ0n) is 16.3. The molecule has 0 N–H and O–H groups in total.